The highest BCUT2D eigenvalue weighted by atomic mass is 32.2. The Kier molecular flexibility index (Phi) is 6.63. The lowest BCUT2D eigenvalue weighted by atomic mass is 10.2. The van der Waals surface area contributed by atoms with E-state index in [1.165, 1.54) is 16.9 Å². The molecule has 9 heteroatoms. The van der Waals surface area contributed by atoms with Crippen LogP contribution < -0.4 is 10.1 Å². The molecule has 7 nitrogen and oxygen atoms in total. The first-order valence-corrected chi connectivity index (χ1v) is 11.3. The quantitative estimate of drug-likeness (QED) is 0.288. The molecule has 0 saturated heterocycles. The van der Waals surface area contributed by atoms with E-state index in [4.69, 9.17) is 9.26 Å². The first-order valence-electron chi connectivity index (χ1n) is 9.54. The Morgan fingerprint density at radius 1 is 1.13 bits per heavy atom. The summed E-state index contributed by atoms with van der Waals surface area (Å²) in [6.45, 7) is 4.04. The van der Waals surface area contributed by atoms with Crippen molar-refractivity contribution in [2.24, 2.45) is 0 Å². The van der Waals surface area contributed by atoms with Gasteiger partial charge >= 0.3 is 0 Å². The third-order valence-electron chi connectivity index (χ3n) is 4.49. The average molecular weight is 453 g/mol. The number of aromatic nitrogens is 3. The number of carbonyl (C=O) groups excluding carboxylic acids is 1. The van der Waals surface area contributed by atoms with E-state index in [1.807, 2.05) is 32.0 Å². The number of carbonyl (C=O) groups is 1. The van der Waals surface area contributed by atoms with Crippen LogP contribution in [0.5, 0.6) is 5.75 Å². The van der Waals surface area contributed by atoms with Crippen LogP contribution in [0, 0.1) is 13.8 Å². The number of hydrogen-bond donors (Lipinski definition) is 1. The molecule has 4 rings (SSSR count). The molecule has 2 aromatic carbocycles. The van der Waals surface area contributed by atoms with Crippen LogP contribution >= 0.6 is 23.1 Å². The lowest BCUT2D eigenvalue weighted by Crippen LogP contribution is -2.11. The fourth-order valence-electron chi connectivity index (χ4n) is 2.80. The standard InChI is InChI=1S/C22H20N4O3S2/c1-14-19(15(2)29-26-14)12-28-18-10-6-9-17(11-18)20(27)23-21-24-25-22(31-21)30-13-16-7-4-3-5-8-16/h3-11H,12-13H2,1-2H3,(H,23,24,27). The van der Waals surface area contributed by atoms with Crippen LogP contribution in [-0.2, 0) is 12.4 Å². The van der Waals surface area contributed by atoms with Crippen LogP contribution in [0.15, 0.2) is 63.5 Å². The Bertz CT molecular complexity index is 1150. The van der Waals surface area contributed by atoms with Crippen LogP contribution in [-0.4, -0.2) is 21.3 Å². The zero-order valence-electron chi connectivity index (χ0n) is 17.0. The maximum absolute atomic E-state index is 12.6. The Hall–Kier alpha value is -3.17. The molecule has 0 atom stereocenters. The molecule has 0 unspecified atom stereocenters. The van der Waals surface area contributed by atoms with Gasteiger partial charge in [-0.15, -0.1) is 10.2 Å². The number of anilines is 1. The van der Waals surface area contributed by atoms with Gasteiger partial charge in [-0.25, -0.2) is 0 Å². The van der Waals surface area contributed by atoms with Crippen molar-refractivity contribution in [3.8, 4) is 5.75 Å². The van der Waals surface area contributed by atoms with Crippen molar-refractivity contribution < 1.29 is 14.1 Å². The first-order chi connectivity index (χ1) is 15.1. The molecule has 0 aliphatic rings. The number of ether oxygens (including phenoxy) is 1. The summed E-state index contributed by atoms with van der Waals surface area (Å²) in [5, 5.41) is 15.4. The highest BCUT2D eigenvalue weighted by molar-refractivity contribution is 8.00. The number of amides is 1. The summed E-state index contributed by atoms with van der Waals surface area (Å²) in [6, 6.07) is 17.1. The molecule has 0 bridgehead atoms. The van der Waals surface area contributed by atoms with Gasteiger partial charge in [0.05, 0.1) is 11.3 Å². The molecule has 1 amide bonds. The summed E-state index contributed by atoms with van der Waals surface area (Å²) >= 11 is 2.94. The van der Waals surface area contributed by atoms with E-state index in [9.17, 15) is 4.79 Å². The number of benzene rings is 2. The largest absolute Gasteiger partial charge is 0.489 e. The average Bonchev–Trinajstić information content (AvgIpc) is 3.37. The molecule has 0 aliphatic carbocycles. The second kappa shape index (κ2) is 9.76. The van der Waals surface area contributed by atoms with E-state index < -0.39 is 0 Å². The fraction of sp³-hybridized carbons (Fsp3) is 0.182. The molecule has 1 N–H and O–H groups in total. The topological polar surface area (TPSA) is 90.1 Å². The molecule has 0 spiro atoms. The Labute approximate surface area is 187 Å². The smallest absolute Gasteiger partial charge is 0.257 e. The summed E-state index contributed by atoms with van der Waals surface area (Å²) in [7, 11) is 0. The van der Waals surface area contributed by atoms with Crippen molar-refractivity contribution in [2.75, 3.05) is 5.32 Å². The maximum atomic E-state index is 12.6. The number of aryl methyl sites for hydroxylation is 2. The molecule has 2 aromatic heterocycles. The molecule has 0 saturated carbocycles. The van der Waals surface area contributed by atoms with Gasteiger partial charge in [-0.3, -0.25) is 10.1 Å². The van der Waals surface area contributed by atoms with Crippen molar-refractivity contribution in [3.05, 3.63) is 82.7 Å². The Morgan fingerprint density at radius 3 is 2.74 bits per heavy atom. The molecule has 4 aromatic rings. The second-order valence-electron chi connectivity index (χ2n) is 6.72. The van der Waals surface area contributed by atoms with Crippen molar-refractivity contribution in [3.63, 3.8) is 0 Å². The van der Waals surface area contributed by atoms with Gasteiger partial charge in [0.25, 0.3) is 5.91 Å². The van der Waals surface area contributed by atoms with Gasteiger partial charge in [-0.05, 0) is 37.6 Å². The van der Waals surface area contributed by atoms with Crippen molar-refractivity contribution >= 4 is 34.1 Å². The number of hydrogen-bond acceptors (Lipinski definition) is 8. The molecular formula is C22H20N4O3S2. The lowest BCUT2D eigenvalue weighted by molar-refractivity contribution is 0.102. The summed E-state index contributed by atoms with van der Waals surface area (Å²) in [5.74, 6) is 1.85. The van der Waals surface area contributed by atoms with E-state index in [2.05, 4.69) is 32.8 Å². The van der Waals surface area contributed by atoms with Crippen molar-refractivity contribution in [2.45, 2.75) is 30.5 Å². The molecule has 2 heterocycles. The first kappa shape index (κ1) is 21.1. The minimum absolute atomic E-state index is 0.265. The van der Waals surface area contributed by atoms with Crippen LogP contribution in [0.2, 0.25) is 0 Å². The van der Waals surface area contributed by atoms with E-state index in [0.29, 0.717) is 23.1 Å². The Morgan fingerprint density at radius 2 is 1.97 bits per heavy atom. The van der Waals surface area contributed by atoms with Gasteiger partial charge in [0.15, 0.2) is 4.34 Å². The summed E-state index contributed by atoms with van der Waals surface area (Å²) in [6.07, 6.45) is 0. The van der Waals surface area contributed by atoms with Crippen LogP contribution in [0.3, 0.4) is 0 Å². The number of rotatable bonds is 8. The van der Waals surface area contributed by atoms with Crippen molar-refractivity contribution in [1.29, 1.82) is 0 Å². The van der Waals surface area contributed by atoms with E-state index in [-0.39, 0.29) is 5.91 Å². The maximum Gasteiger partial charge on any atom is 0.257 e. The highest BCUT2D eigenvalue weighted by Crippen LogP contribution is 2.28. The summed E-state index contributed by atoms with van der Waals surface area (Å²) in [5.41, 5.74) is 3.39. The molecule has 0 aliphatic heterocycles. The van der Waals surface area contributed by atoms with Gasteiger partial charge in [0, 0.05) is 11.3 Å². The van der Waals surface area contributed by atoms with Crippen LogP contribution in [0.1, 0.15) is 32.9 Å². The molecule has 31 heavy (non-hydrogen) atoms. The van der Waals surface area contributed by atoms with Gasteiger partial charge in [0.2, 0.25) is 5.13 Å². The minimum atomic E-state index is -0.265. The van der Waals surface area contributed by atoms with Gasteiger partial charge < -0.3 is 9.26 Å². The molecule has 0 radical (unpaired) electrons. The fourth-order valence-corrected chi connectivity index (χ4v) is 4.50. The van der Waals surface area contributed by atoms with Gasteiger partial charge in [-0.2, -0.15) is 0 Å². The number of nitrogens with zero attached hydrogens (tertiary/aromatic N) is 3. The van der Waals surface area contributed by atoms with E-state index in [0.717, 1.165) is 27.1 Å². The Balaban J connectivity index is 1.34. The zero-order valence-corrected chi connectivity index (χ0v) is 18.6. The predicted octanol–water partition coefficient (Wildman–Crippen LogP) is 5.27. The third kappa shape index (κ3) is 5.50. The van der Waals surface area contributed by atoms with Gasteiger partial charge in [0.1, 0.15) is 18.1 Å². The number of thioether (sulfide) groups is 1. The van der Waals surface area contributed by atoms with E-state index in [1.54, 1.807) is 36.0 Å². The normalized spacial score (nSPS) is 10.8. The molecule has 0 fully saturated rings. The predicted molar refractivity (Wildman–Crippen MR) is 121 cm³/mol. The SMILES string of the molecule is Cc1noc(C)c1COc1cccc(C(=O)Nc2nnc(SCc3ccccc3)s2)c1. The molecular weight excluding hydrogens is 432 g/mol. The van der Waals surface area contributed by atoms with Crippen molar-refractivity contribution in [1.82, 2.24) is 15.4 Å². The monoisotopic (exact) mass is 452 g/mol. The summed E-state index contributed by atoms with van der Waals surface area (Å²) in [4.78, 5) is 12.6. The van der Waals surface area contributed by atoms with Crippen LogP contribution in [0.25, 0.3) is 0 Å². The number of nitrogens with one attached hydrogen (secondary N) is 1. The minimum Gasteiger partial charge on any atom is -0.489 e. The van der Waals surface area contributed by atoms with Crippen LogP contribution in [0.4, 0.5) is 5.13 Å². The summed E-state index contributed by atoms with van der Waals surface area (Å²) < 4.78 is 11.8. The second-order valence-corrected chi connectivity index (χ2v) is 8.92. The highest BCUT2D eigenvalue weighted by Gasteiger charge is 2.13. The lowest BCUT2D eigenvalue weighted by Gasteiger charge is -2.07. The zero-order chi connectivity index (χ0) is 21.6. The van der Waals surface area contributed by atoms with Gasteiger partial charge in [-0.1, -0.05) is 64.7 Å². The van der Waals surface area contributed by atoms with E-state index >= 15 is 0 Å². The third-order valence-corrected chi connectivity index (χ3v) is 6.54. The molecule has 158 valence electrons.